The molecule has 1 aromatic carbocycles. The van der Waals surface area contributed by atoms with Crippen LogP contribution in [0.1, 0.15) is 33.1 Å². The van der Waals surface area contributed by atoms with Crippen molar-refractivity contribution in [3.63, 3.8) is 0 Å². The number of nitrogens with zero attached hydrogens (tertiary/aromatic N) is 1. The van der Waals surface area contributed by atoms with Crippen LogP contribution in [0, 0.1) is 5.41 Å². The first-order valence-corrected chi connectivity index (χ1v) is 7.30. The van der Waals surface area contributed by atoms with E-state index in [-0.39, 0.29) is 11.3 Å². The molecule has 0 aromatic heterocycles. The third kappa shape index (κ3) is 4.76. The number of amidine groups is 1. The van der Waals surface area contributed by atoms with Gasteiger partial charge in [0.1, 0.15) is 5.84 Å². The lowest BCUT2D eigenvalue weighted by Crippen LogP contribution is -2.31. The van der Waals surface area contributed by atoms with E-state index in [1.165, 1.54) is 0 Å². The molecule has 0 bridgehead atoms. The minimum atomic E-state index is -0.295. The van der Waals surface area contributed by atoms with Crippen molar-refractivity contribution in [2.75, 3.05) is 11.9 Å². The van der Waals surface area contributed by atoms with Gasteiger partial charge in [-0.05, 0) is 25.0 Å². The Morgan fingerprint density at radius 1 is 1.30 bits per heavy atom. The molecule has 0 aliphatic rings. The molecule has 20 heavy (non-hydrogen) atoms. The van der Waals surface area contributed by atoms with Crippen LogP contribution in [0.4, 0.5) is 5.69 Å². The van der Waals surface area contributed by atoms with Crippen molar-refractivity contribution in [1.82, 2.24) is 0 Å². The van der Waals surface area contributed by atoms with Crippen LogP contribution in [0.5, 0.6) is 0 Å². The van der Waals surface area contributed by atoms with Gasteiger partial charge in [-0.3, -0.25) is 0 Å². The van der Waals surface area contributed by atoms with Crippen molar-refractivity contribution >= 4 is 34.7 Å². The minimum Gasteiger partial charge on any atom is -0.409 e. The molecular formula is C14H21Cl2N3O. The van der Waals surface area contributed by atoms with Crippen molar-refractivity contribution in [3.05, 3.63) is 28.2 Å². The normalized spacial score (nSPS) is 12.5. The Balaban J connectivity index is 2.36. The molecule has 0 atom stereocenters. The van der Waals surface area contributed by atoms with Gasteiger partial charge in [0, 0.05) is 12.0 Å². The summed E-state index contributed by atoms with van der Waals surface area (Å²) in [6.07, 6.45) is 2.75. The minimum absolute atomic E-state index is 0.264. The van der Waals surface area contributed by atoms with Gasteiger partial charge in [-0.25, -0.2) is 0 Å². The zero-order valence-electron chi connectivity index (χ0n) is 11.8. The molecule has 4 N–H and O–H groups in total. The highest BCUT2D eigenvalue weighted by atomic mass is 35.5. The second-order valence-corrected chi connectivity index (χ2v) is 6.16. The second kappa shape index (κ2) is 7.60. The topological polar surface area (TPSA) is 70.6 Å². The van der Waals surface area contributed by atoms with E-state index in [4.69, 9.17) is 34.1 Å². The van der Waals surface area contributed by atoms with Crippen molar-refractivity contribution < 1.29 is 5.21 Å². The van der Waals surface area contributed by atoms with E-state index >= 15 is 0 Å². The first-order chi connectivity index (χ1) is 9.38. The van der Waals surface area contributed by atoms with E-state index < -0.39 is 0 Å². The third-order valence-corrected chi connectivity index (χ3v) is 3.92. The highest BCUT2D eigenvalue weighted by molar-refractivity contribution is 6.39. The van der Waals surface area contributed by atoms with Gasteiger partial charge in [0.15, 0.2) is 0 Å². The average molecular weight is 318 g/mol. The maximum Gasteiger partial charge on any atom is 0.144 e. The molecule has 0 aliphatic carbocycles. The maximum atomic E-state index is 8.70. The van der Waals surface area contributed by atoms with Crippen LogP contribution in [-0.2, 0) is 0 Å². The summed E-state index contributed by atoms with van der Waals surface area (Å²) < 4.78 is 0. The van der Waals surface area contributed by atoms with Gasteiger partial charge in [0.05, 0.1) is 15.7 Å². The molecule has 1 aromatic rings. The summed E-state index contributed by atoms with van der Waals surface area (Å²) in [6, 6.07) is 5.42. The highest BCUT2D eigenvalue weighted by Crippen LogP contribution is 2.30. The first kappa shape index (κ1) is 16.9. The van der Waals surface area contributed by atoms with E-state index in [1.54, 1.807) is 12.1 Å². The smallest absolute Gasteiger partial charge is 0.144 e. The maximum absolute atomic E-state index is 8.70. The number of nitrogens with two attached hydrogens (primary N) is 1. The molecule has 1 rings (SSSR count). The van der Waals surface area contributed by atoms with Gasteiger partial charge in [-0.15, -0.1) is 0 Å². The SMILES string of the molecule is CC(C)(CCCCNc1c(Cl)cccc1Cl)/C(N)=N/O. The number of oxime groups is 1. The lowest BCUT2D eigenvalue weighted by molar-refractivity contribution is 0.304. The van der Waals surface area contributed by atoms with Crippen LogP contribution >= 0.6 is 23.2 Å². The number of para-hydroxylation sites is 1. The standard InChI is InChI=1S/C14H21Cl2N3O/c1-14(2,13(17)19-20)8-3-4-9-18-12-10(15)6-5-7-11(12)16/h5-7,18,20H,3-4,8-9H2,1-2H3,(H2,17,19). The van der Waals surface area contributed by atoms with Crippen molar-refractivity contribution in [2.24, 2.45) is 16.3 Å². The molecule has 0 aliphatic heterocycles. The molecule has 4 nitrogen and oxygen atoms in total. The van der Waals surface area contributed by atoms with Crippen molar-refractivity contribution in [2.45, 2.75) is 33.1 Å². The third-order valence-electron chi connectivity index (χ3n) is 3.29. The molecule has 0 spiro atoms. The number of benzene rings is 1. The molecular weight excluding hydrogens is 297 g/mol. The quantitative estimate of drug-likeness (QED) is 0.230. The summed E-state index contributed by atoms with van der Waals surface area (Å²) in [4.78, 5) is 0. The largest absolute Gasteiger partial charge is 0.409 e. The number of unbranched alkanes of at least 4 members (excludes halogenated alkanes) is 1. The molecule has 0 fully saturated rings. The number of halogens is 2. The molecule has 0 heterocycles. The average Bonchev–Trinajstić information content (AvgIpc) is 2.40. The molecule has 0 saturated carbocycles. The van der Waals surface area contributed by atoms with Gasteiger partial charge in [0.2, 0.25) is 0 Å². The van der Waals surface area contributed by atoms with Crippen LogP contribution in [0.25, 0.3) is 0 Å². The Morgan fingerprint density at radius 2 is 1.90 bits per heavy atom. The van der Waals surface area contributed by atoms with Gasteiger partial charge >= 0.3 is 0 Å². The summed E-state index contributed by atoms with van der Waals surface area (Å²) in [5.74, 6) is 0.264. The summed E-state index contributed by atoms with van der Waals surface area (Å²) in [7, 11) is 0. The van der Waals surface area contributed by atoms with E-state index in [2.05, 4.69) is 10.5 Å². The zero-order chi connectivity index (χ0) is 15.2. The first-order valence-electron chi connectivity index (χ1n) is 6.54. The predicted molar refractivity (Wildman–Crippen MR) is 86.0 cm³/mol. The van der Waals surface area contributed by atoms with Crippen LogP contribution in [0.3, 0.4) is 0 Å². The summed E-state index contributed by atoms with van der Waals surface area (Å²) in [5, 5.41) is 16.3. The Morgan fingerprint density at radius 3 is 2.45 bits per heavy atom. The number of hydrogen-bond donors (Lipinski definition) is 3. The fraction of sp³-hybridized carbons (Fsp3) is 0.500. The summed E-state index contributed by atoms with van der Waals surface area (Å²) >= 11 is 12.1. The fourth-order valence-electron chi connectivity index (χ4n) is 1.84. The second-order valence-electron chi connectivity index (χ2n) is 5.35. The molecule has 112 valence electrons. The summed E-state index contributed by atoms with van der Waals surface area (Å²) in [6.45, 7) is 4.69. The van der Waals surface area contributed by atoms with Gasteiger partial charge in [0.25, 0.3) is 0 Å². The Labute approximate surface area is 129 Å². The summed E-state index contributed by atoms with van der Waals surface area (Å²) in [5.41, 5.74) is 6.12. The van der Waals surface area contributed by atoms with E-state index in [0.717, 1.165) is 31.5 Å². The van der Waals surface area contributed by atoms with E-state index in [0.29, 0.717) is 10.0 Å². The Bertz CT molecular complexity index is 455. The van der Waals surface area contributed by atoms with Gasteiger partial charge < -0.3 is 16.3 Å². The Kier molecular flexibility index (Phi) is 6.43. The van der Waals surface area contributed by atoms with Crippen molar-refractivity contribution in [1.29, 1.82) is 0 Å². The lowest BCUT2D eigenvalue weighted by Gasteiger charge is -2.22. The predicted octanol–water partition coefficient (Wildman–Crippen LogP) is 4.35. The number of nitrogens with one attached hydrogen (secondary N) is 1. The monoisotopic (exact) mass is 317 g/mol. The van der Waals surface area contributed by atoms with Crippen LogP contribution < -0.4 is 11.1 Å². The van der Waals surface area contributed by atoms with E-state index in [9.17, 15) is 0 Å². The fourth-order valence-corrected chi connectivity index (χ4v) is 2.37. The molecule has 0 unspecified atom stereocenters. The Hall–Kier alpha value is -1.13. The molecule has 0 saturated heterocycles. The van der Waals surface area contributed by atoms with Crippen LogP contribution in [0.2, 0.25) is 10.0 Å². The van der Waals surface area contributed by atoms with Gasteiger partial charge in [-0.1, -0.05) is 54.7 Å². The van der Waals surface area contributed by atoms with Crippen LogP contribution in [-0.4, -0.2) is 17.6 Å². The molecule has 0 amide bonds. The van der Waals surface area contributed by atoms with Gasteiger partial charge in [-0.2, -0.15) is 0 Å². The lowest BCUT2D eigenvalue weighted by atomic mass is 9.86. The van der Waals surface area contributed by atoms with Crippen molar-refractivity contribution in [3.8, 4) is 0 Å². The molecule has 0 radical (unpaired) electrons. The number of anilines is 1. The number of hydrogen-bond acceptors (Lipinski definition) is 3. The van der Waals surface area contributed by atoms with Crippen LogP contribution in [0.15, 0.2) is 23.4 Å². The zero-order valence-corrected chi connectivity index (χ0v) is 13.3. The highest BCUT2D eigenvalue weighted by Gasteiger charge is 2.22. The number of rotatable bonds is 7. The van der Waals surface area contributed by atoms with E-state index in [1.807, 2.05) is 19.9 Å². The molecule has 6 heteroatoms.